The Morgan fingerprint density at radius 1 is 1.35 bits per heavy atom. The van der Waals surface area contributed by atoms with Crippen LogP contribution in [-0.2, 0) is 11.2 Å². The number of aryl methyl sites for hydroxylation is 1. The van der Waals surface area contributed by atoms with Crippen molar-refractivity contribution >= 4 is 11.3 Å². The van der Waals surface area contributed by atoms with E-state index in [1.165, 1.54) is 16.2 Å². The van der Waals surface area contributed by atoms with Crippen LogP contribution in [0.1, 0.15) is 48.9 Å². The van der Waals surface area contributed by atoms with Gasteiger partial charge < -0.3 is 10.1 Å². The van der Waals surface area contributed by atoms with Crippen LogP contribution in [-0.4, -0.2) is 20.3 Å². The van der Waals surface area contributed by atoms with Crippen molar-refractivity contribution in [3.05, 3.63) is 21.9 Å². The second-order valence-electron chi connectivity index (χ2n) is 4.30. The summed E-state index contributed by atoms with van der Waals surface area (Å²) in [5, 5.41) is 3.64. The number of rotatable bonds is 9. The zero-order valence-corrected chi connectivity index (χ0v) is 12.1. The third-order valence-corrected chi connectivity index (χ3v) is 4.20. The standard InChI is InChI=1S/C14H25NOS/c1-4-10-15-13(7-6-11-16-3)14-9-8-12(5-2)17-14/h8-9,13,15H,4-7,10-11H2,1-3H3. The minimum absolute atomic E-state index is 0.510. The largest absolute Gasteiger partial charge is 0.385 e. The second-order valence-corrected chi connectivity index (χ2v) is 5.50. The zero-order valence-electron chi connectivity index (χ0n) is 11.3. The van der Waals surface area contributed by atoms with Gasteiger partial charge in [0.05, 0.1) is 0 Å². The van der Waals surface area contributed by atoms with Gasteiger partial charge in [-0.25, -0.2) is 0 Å². The summed E-state index contributed by atoms with van der Waals surface area (Å²) in [5.41, 5.74) is 0. The molecule has 1 aromatic heterocycles. The lowest BCUT2D eigenvalue weighted by molar-refractivity contribution is 0.189. The Kier molecular flexibility index (Phi) is 7.49. The van der Waals surface area contributed by atoms with Crippen LogP contribution in [0.3, 0.4) is 0 Å². The van der Waals surface area contributed by atoms with Crippen molar-refractivity contribution < 1.29 is 4.74 Å². The fraction of sp³-hybridized carbons (Fsp3) is 0.714. The van der Waals surface area contributed by atoms with E-state index in [0.717, 1.165) is 32.4 Å². The van der Waals surface area contributed by atoms with Gasteiger partial charge in [-0.3, -0.25) is 0 Å². The van der Waals surface area contributed by atoms with Crippen molar-refractivity contribution in [3.8, 4) is 0 Å². The topological polar surface area (TPSA) is 21.3 Å². The van der Waals surface area contributed by atoms with Gasteiger partial charge in [0.25, 0.3) is 0 Å². The third kappa shape index (κ3) is 5.19. The van der Waals surface area contributed by atoms with Crippen LogP contribution in [0.25, 0.3) is 0 Å². The second kappa shape index (κ2) is 8.67. The molecule has 0 aliphatic heterocycles. The van der Waals surface area contributed by atoms with Gasteiger partial charge in [-0.1, -0.05) is 13.8 Å². The molecule has 2 nitrogen and oxygen atoms in total. The monoisotopic (exact) mass is 255 g/mol. The fourth-order valence-electron chi connectivity index (χ4n) is 1.87. The molecule has 0 aliphatic rings. The molecule has 0 bridgehead atoms. The Hall–Kier alpha value is -0.380. The van der Waals surface area contributed by atoms with Crippen molar-refractivity contribution in [2.75, 3.05) is 20.3 Å². The van der Waals surface area contributed by atoms with E-state index >= 15 is 0 Å². The van der Waals surface area contributed by atoms with Gasteiger partial charge in [-0.15, -0.1) is 11.3 Å². The number of methoxy groups -OCH3 is 1. The highest BCUT2D eigenvalue weighted by Gasteiger charge is 2.12. The summed E-state index contributed by atoms with van der Waals surface area (Å²) in [7, 11) is 1.77. The van der Waals surface area contributed by atoms with E-state index in [1.807, 2.05) is 11.3 Å². The molecule has 17 heavy (non-hydrogen) atoms. The minimum Gasteiger partial charge on any atom is -0.385 e. The molecule has 1 aromatic rings. The fourth-order valence-corrected chi connectivity index (χ4v) is 2.93. The maximum Gasteiger partial charge on any atom is 0.0462 e. The molecular formula is C14H25NOS. The van der Waals surface area contributed by atoms with E-state index in [9.17, 15) is 0 Å². The molecule has 0 saturated carbocycles. The van der Waals surface area contributed by atoms with Gasteiger partial charge in [-0.05, 0) is 44.4 Å². The highest BCUT2D eigenvalue weighted by atomic mass is 32.1. The third-order valence-electron chi connectivity index (χ3n) is 2.86. The lowest BCUT2D eigenvalue weighted by Gasteiger charge is -2.16. The summed E-state index contributed by atoms with van der Waals surface area (Å²) in [5.74, 6) is 0. The van der Waals surface area contributed by atoms with Gasteiger partial charge in [0.1, 0.15) is 0 Å². The molecule has 98 valence electrons. The molecule has 0 saturated heterocycles. The first-order valence-electron chi connectivity index (χ1n) is 6.62. The van der Waals surface area contributed by atoms with Crippen LogP contribution >= 0.6 is 11.3 Å². The number of ether oxygens (including phenoxy) is 1. The van der Waals surface area contributed by atoms with E-state index in [2.05, 4.69) is 31.3 Å². The maximum absolute atomic E-state index is 5.13. The summed E-state index contributed by atoms with van der Waals surface area (Å²) in [6.45, 7) is 6.38. The molecule has 1 heterocycles. The Bertz CT molecular complexity index is 298. The SMILES string of the molecule is CCCNC(CCCOC)c1ccc(CC)s1. The molecule has 0 spiro atoms. The maximum atomic E-state index is 5.13. The van der Waals surface area contributed by atoms with Gasteiger partial charge in [0, 0.05) is 29.5 Å². The molecule has 3 heteroatoms. The summed E-state index contributed by atoms with van der Waals surface area (Å²) in [6, 6.07) is 5.05. The van der Waals surface area contributed by atoms with Crippen LogP contribution < -0.4 is 5.32 Å². The number of nitrogens with one attached hydrogen (secondary N) is 1. The van der Waals surface area contributed by atoms with Crippen LogP contribution in [0.2, 0.25) is 0 Å². The van der Waals surface area contributed by atoms with E-state index in [1.54, 1.807) is 7.11 Å². The van der Waals surface area contributed by atoms with Gasteiger partial charge in [0.2, 0.25) is 0 Å². The molecule has 0 radical (unpaired) electrons. The van der Waals surface area contributed by atoms with Crippen molar-refractivity contribution in [2.45, 2.75) is 45.6 Å². The van der Waals surface area contributed by atoms with Crippen LogP contribution in [0.4, 0.5) is 0 Å². The number of hydrogen-bond acceptors (Lipinski definition) is 3. The van der Waals surface area contributed by atoms with Gasteiger partial charge >= 0.3 is 0 Å². The predicted octanol–water partition coefficient (Wildman–Crippen LogP) is 3.78. The quantitative estimate of drug-likeness (QED) is 0.678. The van der Waals surface area contributed by atoms with E-state index in [4.69, 9.17) is 4.74 Å². The molecule has 1 unspecified atom stereocenters. The van der Waals surface area contributed by atoms with E-state index < -0.39 is 0 Å². The van der Waals surface area contributed by atoms with Gasteiger partial charge in [0.15, 0.2) is 0 Å². The zero-order chi connectivity index (χ0) is 12.5. The number of thiophene rings is 1. The molecule has 0 aliphatic carbocycles. The molecule has 1 rings (SSSR count). The van der Waals surface area contributed by atoms with E-state index in [0.29, 0.717) is 6.04 Å². The van der Waals surface area contributed by atoms with Gasteiger partial charge in [-0.2, -0.15) is 0 Å². The van der Waals surface area contributed by atoms with Crippen molar-refractivity contribution in [2.24, 2.45) is 0 Å². The first-order chi connectivity index (χ1) is 8.31. The molecule has 0 amide bonds. The highest BCUT2D eigenvalue weighted by molar-refractivity contribution is 7.12. The first-order valence-corrected chi connectivity index (χ1v) is 7.44. The highest BCUT2D eigenvalue weighted by Crippen LogP contribution is 2.26. The Labute approximate surface area is 109 Å². The Morgan fingerprint density at radius 3 is 2.76 bits per heavy atom. The van der Waals surface area contributed by atoms with Crippen molar-refractivity contribution in [3.63, 3.8) is 0 Å². The van der Waals surface area contributed by atoms with E-state index in [-0.39, 0.29) is 0 Å². The summed E-state index contributed by atoms with van der Waals surface area (Å²) < 4.78 is 5.13. The van der Waals surface area contributed by atoms with Crippen LogP contribution in [0.15, 0.2) is 12.1 Å². The Balaban J connectivity index is 2.54. The molecule has 1 atom stereocenters. The molecule has 0 fully saturated rings. The lowest BCUT2D eigenvalue weighted by Crippen LogP contribution is -2.21. The Morgan fingerprint density at radius 2 is 2.18 bits per heavy atom. The normalized spacial score (nSPS) is 12.9. The summed E-state index contributed by atoms with van der Waals surface area (Å²) >= 11 is 1.95. The average Bonchev–Trinajstić information content (AvgIpc) is 2.82. The first kappa shape index (κ1) is 14.7. The summed E-state index contributed by atoms with van der Waals surface area (Å²) in [4.78, 5) is 2.96. The van der Waals surface area contributed by atoms with Crippen molar-refractivity contribution in [1.29, 1.82) is 0 Å². The van der Waals surface area contributed by atoms with Crippen molar-refractivity contribution in [1.82, 2.24) is 5.32 Å². The molecular weight excluding hydrogens is 230 g/mol. The average molecular weight is 255 g/mol. The number of hydrogen-bond donors (Lipinski definition) is 1. The van der Waals surface area contributed by atoms with Crippen LogP contribution in [0.5, 0.6) is 0 Å². The lowest BCUT2D eigenvalue weighted by atomic mass is 10.1. The molecule has 0 aromatic carbocycles. The van der Waals surface area contributed by atoms with Crippen LogP contribution in [0, 0.1) is 0 Å². The minimum atomic E-state index is 0.510. The smallest absolute Gasteiger partial charge is 0.0462 e. The molecule has 1 N–H and O–H groups in total. The summed E-state index contributed by atoms with van der Waals surface area (Å²) in [6.07, 6.45) is 4.62. The predicted molar refractivity (Wildman–Crippen MR) is 75.8 cm³/mol.